The Labute approximate surface area is 96.3 Å². The van der Waals surface area contributed by atoms with Crippen LogP contribution >= 0.6 is 0 Å². The standard InChI is InChI=1S/C13H18N2O/c1-13(2,11-14)7-3-4-8-15-9-5-12(16)6-10-15/h5-6,9-10H,3-4,7-8H2,1-2H3. The summed E-state index contributed by atoms with van der Waals surface area (Å²) in [4.78, 5) is 10.9. The second-order valence-corrected chi connectivity index (χ2v) is 4.72. The van der Waals surface area contributed by atoms with Crippen molar-refractivity contribution >= 4 is 0 Å². The Morgan fingerprint density at radius 1 is 1.31 bits per heavy atom. The van der Waals surface area contributed by atoms with Crippen molar-refractivity contribution in [1.29, 1.82) is 5.26 Å². The first-order valence-corrected chi connectivity index (χ1v) is 5.61. The van der Waals surface area contributed by atoms with Crippen molar-refractivity contribution in [3.63, 3.8) is 0 Å². The van der Waals surface area contributed by atoms with Crippen LogP contribution in [0, 0.1) is 16.7 Å². The summed E-state index contributed by atoms with van der Waals surface area (Å²) in [5, 5.41) is 8.85. The largest absolute Gasteiger partial charge is 0.354 e. The van der Waals surface area contributed by atoms with Gasteiger partial charge in [0.25, 0.3) is 0 Å². The minimum Gasteiger partial charge on any atom is -0.354 e. The summed E-state index contributed by atoms with van der Waals surface area (Å²) in [5.74, 6) is 0. The molecule has 0 N–H and O–H groups in total. The van der Waals surface area contributed by atoms with Crippen molar-refractivity contribution in [2.45, 2.75) is 39.7 Å². The van der Waals surface area contributed by atoms with Crippen LogP contribution in [0.15, 0.2) is 29.3 Å². The van der Waals surface area contributed by atoms with Gasteiger partial charge in [0.1, 0.15) is 0 Å². The van der Waals surface area contributed by atoms with Crippen LogP contribution in [0.25, 0.3) is 0 Å². The van der Waals surface area contributed by atoms with Crippen molar-refractivity contribution < 1.29 is 0 Å². The Kier molecular flexibility index (Phi) is 4.30. The van der Waals surface area contributed by atoms with E-state index in [0.717, 1.165) is 25.8 Å². The second kappa shape index (κ2) is 5.50. The molecule has 0 fully saturated rings. The van der Waals surface area contributed by atoms with E-state index in [1.54, 1.807) is 24.5 Å². The van der Waals surface area contributed by atoms with Gasteiger partial charge in [0, 0.05) is 31.1 Å². The number of aromatic nitrogens is 1. The maximum Gasteiger partial charge on any atom is 0.181 e. The van der Waals surface area contributed by atoms with Gasteiger partial charge in [0.05, 0.1) is 11.5 Å². The fourth-order valence-corrected chi connectivity index (χ4v) is 1.51. The number of hydrogen-bond acceptors (Lipinski definition) is 2. The summed E-state index contributed by atoms with van der Waals surface area (Å²) in [6.45, 7) is 4.83. The van der Waals surface area contributed by atoms with Gasteiger partial charge in [-0.3, -0.25) is 4.79 Å². The van der Waals surface area contributed by atoms with E-state index < -0.39 is 0 Å². The Hall–Kier alpha value is -1.56. The SMILES string of the molecule is CC(C)(C#N)CCCCn1ccc(=O)cc1. The molecule has 0 aromatic carbocycles. The van der Waals surface area contributed by atoms with E-state index in [4.69, 9.17) is 5.26 Å². The smallest absolute Gasteiger partial charge is 0.181 e. The highest BCUT2D eigenvalue weighted by Crippen LogP contribution is 2.21. The first kappa shape index (κ1) is 12.5. The van der Waals surface area contributed by atoms with Gasteiger partial charge in [-0.2, -0.15) is 5.26 Å². The van der Waals surface area contributed by atoms with Gasteiger partial charge in [-0.05, 0) is 26.7 Å². The molecule has 86 valence electrons. The van der Waals surface area contributed by atoms with Crippen molar-refractivity contribution in [2.24, 2.45) is 5.41 Å². The van der Waals surface area contributed by atoms with Crippen LogP contribution in [0.2, 0.25) is 0 Å². The van der Waals surface area contributed by atoms with Crippen LogP contribution < -0.4 is 5.43 Å². The molecule has 1 rings (SSSR count). The Balaban J connectivity index is 2.29. The predicted molar refractivity (Wildman–Crippen MR) is 63.9 cm³/mol. The fourth-order valence-electron chi connectivity index (χ4n) is 1.51. The van der Waals surface area contributed by atoms with Crippen LogP contribution in [0.3, 0.4) is 0 Å². The molecule has 0 saturated carbocycles. The molecule has 0 bridgehead atoms. The van der Waals surface area contributed by atoms with Gasteiger partial charge in [0.2, 0.25) is 0 Å². The van der Waals surface area contributed by atoms with Gasteiger partial charge in [0.15, 0.2) is 5.43 Å². The molecule has 1 heterocycles. The Morgan fingerprint density at radius 3 is 2.50 bits per heavy atom. The molecule has 3 nitrogen and oxygen atoms in total. The molecule has 0 radical (unpaired) electrons. The Bertz CT molecular complexity index is 406. The normalized spacial score (nSPS) is 11.1. The molecule has 0 aliphatic heterocycles. The summed E-state index contributed by atoms with van der Waals surface area (Å²) in [6, 6.07) is 5.44. The molecular weight excluding hydrogens is 200 g/mol. The van der Waals surface area contributed by atoms with Crippen LogP contribution in [0.5, 0.6) is 0 Å². The quantitative estimate of drug-likeness (QED) is 0.713. The number of hydrogen-bond donors (Lipinski definition) is 0. The molecule has 0 spiro atoms. The van der Waals surface area contributed by atoms with E-state index in [1.165, 1.54) is 0 Å². The van der Waals surface area contributed by atoms with Crippen LogP contribution in [0.1, 0.15) is 33.1 Å². The maximum atomic E-state index is 10.9. The van der Waals surface area contributed by atoms with E-state index in [9.17, 15) is 4.79 Å². The molecule has 1 aromatic rings. The molecule has 0 amide bonds. The molecule has 0 saturated heterocycles. The Morgan fingerprint density at radius 2 is 1.94 bits per heavy atom. The van der Waals surface area contributed by atoms with Crippen LogP contribution in [0.4, 0.5) is 0 Å². The zero-order valence-electron chi connectivity index (χ0n) is 9.94. The number of nitrogens with zero attached hydrogens (tertiary/aromatic N) is 2. The van der Waals surface area contributed by atoms with Crippen molar-refractivity contribution in [3.8, 4) is 6.07 Å². The van der Waals surface area contributed by atoms with Crippen molar-refractivity contribution in [1.82, 2.24) is 4.57 Å². The lowest BCUT2D eigenvalue weighted by molar-refractivity contribution is 0.416. The van der Waals surface area contributed by atoms with E-state index >= 15 is 0 Å². The van der Waals surface area contributed by atoms with Gasteiger partial charge >= 0.3 is 0 Å². The van der Waals surface area contributed by atoms with E-state index in [0.29, 0.717) is 0 Å². The highest BCUT2D eigenvalue weighted by molar-refractivity contribution is 4.94. The molecule has 0 aliphatic rings. The zero-order chi connectivity index (χ0) is 12.0. The first-order valence-electron chi connectivity index (χ1n) is 5.61. The molecular formula is C13H18N2O. The number of rotatable bonds is 5. The van der Waals surface area contributed by atoms with Gasteiger partial charge in [-0.25, -0.2) is 0 Å². The third-order valence-electron chi connectivity index (χ3n) is 2.63. The first-order chi connectivity index (χ1) is 7.53. The highest BCUT2D eigenvalue weighted by atomic mass is 16.1. The van der Waals surface area contributed by atoms with Crippen LogP contribution in [-0.4, -0.2) is 4.57 Å². The van der Waals surface area contributed by atoms with E-state index in [1.807, 2.05) is 18.4 Å². The molecule has 0 aliphatic carbocycles. The molecule has 0 unspecified atom stereocenters. The minimum atomic E-state index is -0.219. The lowest BCUT2D eigenvalue weighted by Gasteiger charge is -2.14. The van der Waals surface area contributed by atoms with E-state index in [2.05, 4.69) is 6.07 Å². The summed E-state index contributed by atoms with van der Waals surface area (Å²) in [7, 11) is 0. The van der Waals surface area contributed by atoms with Gasteiger partial charge in [-0.15, -0.1) is 0 Å². The maximum absolute atomic E-state index is 10.9. The predicted octanol–water partition coefficient (Wildman–Crippen LogP) is 2.57. The summed E-state index contributed by atoms with van der Waals surface area (Å²) in [6.07, 6.45) is 6.60. The average Bonchev–Trinajstić information content (AvgIpc) is 2.27. The monoisotopic (exact) mass is 218 g/mol. The molecule has 3 heteroatoms. The minimum absolute atomic E-state index is 0.0434. The van der Waals surface area contributed by atoms with Gasteiger partial charge in [-0.1, -0.05) is 6.42 Å². The van der Waals surface area contributed by atoms with E-state index in [-0.39, 0.29) is 10.8 Å². The molecule has 16 heavy (non-hydrogen) atoms. The fraction of sp³-hybridized carbons (Fsp3) is 0.538. The highest BCUT2D eigenvalue weighted by Gasteiger charge is 2.15. The van der Waals surface area contributed by atoms with Crippen molar-refractivity contribution in [3.05, 3.63) is 34.7 Å². The topological polar surface area (TPSA) is 45.8 Å². The second-order valence-electron chi connectivity index (χ2n) is 4.72. The molecule has 0 atom stereocenters. The van der Waals surface area contributed by atoms with Gasteiger partial charge < -0.3 is 4.57 Å². The number of aryl methyl sites for hydroxylation is 1. The summed E-state index contributed by atoms with van der Waals surface area (Å²) < 4.78 is 2.00. The number of unbranched alkanes of at least 4 members (excludes halogenated alkanes) is 1. The summed E-state index contributed by atoms with van der Waals surface area (Å²) >= 11 is 0. The lowest BCUT2D eigenvalue weighted by Crippen LogP contribution is -2.08. The third-order valence-corrected chi connectivity index (χ3v) is 2.63. The number of pyridine rings is 1. The third kappa shape index (κ3) is 4.31. The average molecular weight is 218 g/mol. The van der Waals surface area contributed by atoms with Crippen molar-refractivity contribution in [2.75, 3.05) is 0 Å². The lowest BCUT2D eigenvalue weighted by atomic mass is 9.89. The zero-order valence-corrected chi connectivity index (χ0v) is 9.94. The van der Waals surface area contributed by atoms with Crippen LogP contribution in [-0.2, 0) is 6.54 Å². The molecule has 1 aromatic heterocycles. The number of nitriles is 1. The summed E-state index contributed by atoms with van der Waals surface area (Å²) in [5.41, 5.74) is -0.175.